The van der Waals surface area contributed by atoms with E-state index in [9.17, 15) is 9.59 Å². The molecule has 2 rings (SSSR count). The van der Waals surface area contributed by atoms with Crippen molar-refractivity contribution in [3.05, 3.63) is 23.8 Å². The number of esters is 1. The van der Waals surface area contributed by atoms with Gasteiger partial charge in [0, 0.05) is 18.4 Å². The van der Waals surface area contributed by atoms with Crippen LogP contribution in [0.5, 0.6) is 11.5 Å². The van der Waals surface area contributed by atoms with Crippen molar-refractivity contribution >= 4 is 11.9 Å². The Bertz CT molecular complexity index is 568. The fourth-order valence-electron chi connectivity index (χ4n) is 2.15. The van der Waals surface area contributed by atoms with E-state index in [4.69, 9.17) is 9.47 Å². The zero-order valence-corrected chi connectivity index (χ0v) is 13.1. The maximum absolute atomic E-state index is 11.8. The van der Waals surface area contributed by atoms with E-state index in [0.29, 0.717) is 6.54 Å². The second-order valence-corrected chi connectivity index (χ2v) is 5.80. The molecule has 1 N–H and O–H groups in total. The van der Waals surface area contributed by atoms with E-state index in [-0.39, 0.29) is 36.9 Å². The lowest BCUT2D eigenvalue weighted by atomic mass is 9.84. The third kappa shape index (κ3) is 3.90. The molecule has 6 heteroatoms. The van der Waals surface area contributed by atoms with Gasteiger partial charge < -0.3 is 19.5 Å². The lowest BCUT2D eigenvalue weighted by Gasteiger charge is -2.26. The van der Waals surface area contributed by atoms with Gasteiger partial charge in [0.15, 0.2) is 11.5 Å². The van der Waals surface area contributed by atoms with Gasteiger partial charge in [0.25, 0.3) is 0 Å². The third-order valence-corrected chi connectivity index (χ3v) is 3.67. The smallest absolute Gasteiger partial charge is 0.306 e. The number of benzene rings is 1. The summed E-state index contributed by atoms with van der Waals surface area (Å²) < 4.78 is 15.2. The van der Waals surface area contributed by atoms with Gasteiger partial charge in [-0.15, -0.1) is 0 Å². The van der Waals surface area contributed by atoms with Crippen LogP contribution in [0.4, 0.5) is 0 Å². The fraction of sp³-hybridized carbons (Fsp3) is 0.500. The Morgan fingerprint density at radius 1 is 1.23 bits per heavy atom. The maximum Gasteiger partial charge on any atom is 0.306 e. The van der Waals surface area contributed by atoms with E-state index in [1.165, 1.54) is 7.11 Å². The first-order valence-electron chi connectivity index (χ1n) is 7.16. The zero-order chi connectivity index (χ0) is 16.2. The van der Waals surface area contributed by atoms with Crippen LogP contribution in [0.3, 0.4) is 0 Å². The first-order valence-corrected chi connectivity index (χ1v) is 7.16. The molecule has 1 aromatic carbocycles. The van der Waals surface area contributed by atoms with Crippen LogP contribution in [0, 0.1) is 0 Å². The molecule has 0 atom stereocenters. The van der Waals surface area contributed by atoms with Gasteiger partial charge in [-0.1, -0.05) is 19.9 Å². The second kappa shape index (κ2) is 6.68. The molecule has 0 saturated heterocycles. The van der Waals surface area contributed by atoms with Crippen molar-refractivity contribution in [1.82, 2.24) is 5.32 Å². The van der Waals surface area contributed by atoms with Crippen LogP contribution in [0.1, 0.15) is 32.3 Å². The molecular formula is C16H21NO5. The number of nitrogens with one attached hydrogen (secondary N) is 1. The summed E-state index contributed by atoms with van der Waals surface area (Å²) in [6.45, 7) is 4.77. The summed E-state index contributed by atoms with van der Waals surface area (Å²) in [6, 6.07) is 5.77. The fourth-order valence-corrected chi connectivity index (χ4v) is 2.15. The zero-order valence-electron chi connectivity index (χ0n) is 13.1. The Labute approximate surface area is 129 Å². The Hall–Kier alpha value is -2.24. The number of hydrogen-bond acceptors (Lipinski definition) is 5. The molecule has 0 aliphatic carbocycles. The summed E-state index contributed by atoms with van der Waals surface area (Å²) in [6.07, 6.45) is 0.219. The first kappa shape index (κ1) is 16.1. The number of carbonyl (C=O) groups is 2. The van der Waals surface area contributed by atoms with E-state index in [1.807, 2.05) is 32.0 Å². The topological polar surface area (TPSA) is 73.9 Å². The normalized spacial score (nSPS) is 12.9. The quantitative estimate of drug-likeness (QED) is 0.811. The van der Waals surface area contributed by atoms with Crippen molar-refractivity contribution in [2.75, 3.05) is 20.4 Å². The van der Waals surface area contributed by atoms with Crippen molar-refractivity contribution < 1.29 is 23.8 Å². The summed E-state index contributed by atoms with van der Waals surface area (Å²) in [5.74, 6) is 0.911. The van der Waals surface area contributed by atoms with Crippen molar-refractivity contribution in [3.8, 4) is 11.5 Å². The van der Waals surface area contributed by atoms with Gasteiger partial charge in [-0.2, -0.15) is 0 Å². The van der Waals surface area contributed by atoms with Gasteiger partial charge in [0.1, 0.15) is 0 Å². The molecule has 1 amide bonds. The van der Waals surface area contributed by atoms with Crippen LogP contribution >= 0.6 is 0 Å². The SMILES string of the molecule is COC(=O)CCC(=O)NCC(C)(C)c1ccc2c(c1)OCO2. The summed E-state index contributed by atoms with van der Waals surface area (Å²) in [5.41, 5.74) is 0.784. The van der Waals surface area contributed by atoms with Crippen molar-refractivity contribution in [3.63, 3.8) is 0 Å². The van der Waals surface area contributed by atoms with E-state index >= 15 is 0 Å². The molecule has 0 saturated carbocycles. The lowest BCUT2D eigenvalue weighted by Crippen LogP contribution is -2.36. The second-order valence-electron chi connectivity index (χ2n) is 5.80. The predicted molar refractivity (Wildman–Crippen MR) is 79.9 cm³/mol. The molecule has 0 aromatic heterocycles. The Morgan fingerprint density at radius 3 is 2.68 bits per heavy atom. The third-order valence-electron chi connectivity index (χ3n) is 3.67. The maximum atomic E-state index is 11.8. The molecule has 1 aromatic rings. The van der Waals surface area contributed by atoms with E-state index in [1.54, 1.807) is 0 Å². The molecule has 1 aliphatic rings. The van der Waals surface area contributed by atoms with Crippen LogP contribution in [0.2, 0.25) is 0 Å². The van der Waals surface area contributed by atoms with Gasteiger partial charge in [-0.25, -0.2) is 0 Å². The van der Waals surface area contributed by atoms with Gasteiger partial charge >= 0.3 is 5.97 Å². The Kier molecular flexibility index (Phi) is 4.90. The van der Waals surface area contributed by atoms with Gasteiger partial charge in [0.2, 0.25) is 12.7 Å². The highest BCUT2D eigenvalue weighted by Crippen LogP contribution is 2.36. The molecule has 0 fully saturated rings. The summed E-state index contributed by atoms with van der Waals surface area (Å²) in [5, 5.41) is 2.85. The molecule has 120 valence electrons. The molecule has 0 unspecified atom stereocenters. The van der Waals surface area contributed by atoms with E-state index in [2.05, 4.69) is 10.1 Å². The van der Waals surface area contributed by atoms with Crippen LogP contribution in [-0.2, 0) is 19.7 Å². The number of amides is 1. The van der Waals surface area contributed by atoms with Gasteiger partial charge in [-0.05, 0) is 17.7 Å². The molecule has 1 heterocycles. The van der Waals surface area contributed by atoms with E-state index in [0.717, 1.165) is 17.1 Å². The number of ether oxygens (including phenoxy) is 3. The summed E-state index contributed by atoms with van der Waals surface area (Å²) in [7, 11) is 1.31. The van der Waals surface area contributed by atoms with Crippen molar-refractivity contribution in [2.24, 2.45) is 0 Å². The number of methoxy groups -OCH3 is 1. The minimum Gasteiger partial charge on any atom is -0.469 e. The molecular weight excluding hydrogens is 286 g/mol. The predicted octanol–water partition coefficient (Wildman–Crippen LogP) is 1.76. The Morgan fingerprint density at radius 2 is 1.95 bits per heavy atom. The van der Waals surface area contributed by atoms with Crippen LogP contribution in [-0.4, -0.2) is 32.3 Å². The highest BCUT2D eigenvalue weighted by Gasteiger charge is 2.24. The average molecular weight is 307 g/mol. The summed E-state index contributed by atoms with van der Waals surface area (Å²) >= 11 is 0. The minimum atomic E-state index is -0.384. The molecule has 1 aliphatic heterocycles. The minimum absolute atomic E-state index is 0.0901. The highest BCUT2D eigenvalue weighted by molar-refractivity contribution is 5.81. The standard InChI is InChI=1S/C16H21NO5/c1-16(2,9-17-14(18)6-7-15(19)20-3)11-4-5-12-13(8-11)22-10-21-12/h4-5,8H,6-7,9-10H2,1-3H3,(H,17,18). The number of hydrogen-bond donors (Lipinski definition) is 1. The molecule has 22 heavy (non-hydrogen) atoms. The first-order chi connectivity index (χ1) is 10.4. The van der Waals surface area contributed by atoms with Crippen molar-refractivity contribution in [2.45, 2.75) is 32.1 Å². The Balaban J connectivity index is 1.90. The largest absolute Gasteiger partial charge is 0.469 e. The van der Waals surface area contributed by atoms with Crippen LogP contribution < -0.4 is 14.8 Å². The summed E-state index contributed by atoms with van der Waals surface area (Å²) in [4.78, 5) is 22.8. The van der Waals surface area contributed by atoms with Crippen LogP contribution in [0.25, 0.3) is 0 Å². The monoisotopic (exact) mass is 307 g/mol. The molecule has 6 nitrogen and oxygen atoms in total. The average Bonchev–Trinajstić information content (AvgIpc) is 2.98. The lowest BCUT2D eigenvalue weighted by molar-refractivity contribution is -0.142. The van der Waals surface area contributed by atoms with Gasteiger partial charge in [0.05, 0.1) is 13.5 Å². The number of rotatable bonds is 6. The number of fused-ring (bicyclic) bond motifs is 1. The number of carbonyl (C=O) groups excluding carboxylic acids is 2. The van der Waals surface area contributed by atoms with Crippen molar-refractivity contribution in [1.29, 1.82) is 0 Å². The van der Waals surface area contributed by atoms with E-state index < -0.39 is 0 Å². The molecule has 0 spiro atoms. The molecule has 0 bridgehead atoms. The highest BCUT2D eigenvalue weighted by atomic mass is 16.7. The van der Waals surface area contributed by atoms with Crippen LogP contribution in [0.15, 0.2) is 18.2 Å². The van der Waals surface area contributed by atoms with Gasteiger partial charge in [-0.3, -0.25) is 9.59 Å². The molecule has 0 radical (unpaired) electrons.